The molecule has 1 unspecified atom stereocenters. The van der Waals surface area contributed by atoms with E-state index >= 15 is 0 Å². The Hall–Kier alpha value is -1.10. The second-order valence-corrected chi connectivity index (χ2v) is 6.10. The molecule has 0 spiro atoms. The summed E-state index contributed by atoms with van der Waals surface area (Å²) in [4.78, 5) is 26.0. The maximum absolute atomic E-state index is 12.1. The van der Waals surface area contributed by atoms with Crippen LogP contribution >= 0.6 is 0 Å². The van der Waals surface area contributed by atoms with Gasteiger partial charge in [-0.05, 0) is 32.1 Å². The van der Waals surface area contributed by atoms with Gasteiger partial charge in [0.1, 0.15) is 0 Å². The summed E-state index contributed by atoms with van der Waals surface area (Å²) < 4.78 is 0. The standard InChI is InChI=1S/C15H27N3O2/c1-2-3-12(10-16)14(19)17-13-6-8-18(9-7-13)15(20)11-4-5-11/h11-13H,2-10,16H2,1H3,(H,17,19). The maximum Gasteiger partial charge on any atom is 0.225 e. The van der Waals surface area contributed by atoms with Gasteiger partial charge in [0.05, 0.1) is 5.92 Å². The number of hydrogen-bond donors (Lipinski definition) is 2. The van der Waals surface area contributed by atoms with Gasteiger partial charge in [0, 0.05) is 31.6 Å². The number of nitrogens with two attached hydrogens (primary N) is 1. The number of likely N-dealkylation sites (tertiary alicyclic amines) is 1. The van der Waals surface area contributed by atoms with Crippen LogP contribution in [0.25, 0.3) is 0 Å². The van der Waals surface area contributed by atoms with Crippen LogP contribution < -0.4 is 11.1 Å². The maximum atomic E-state index is 12.1. The molecule has 5 heteroatoms. The van der Waals surface area contributed by atoms with E-state index in [1.807, 2.05) is 4.90 Å². The Kier molecular flexibility index (Phi) is 5.40. The third-order valence-electron chi connectivity index (χ3n) is 4.37. The molecule has 0 aromatic heterocycles. The lowest BCUT2D eigenvalue weighted by Gasteiger charge is -2.33. The molecule has 1 atom stereocenters. The summed E-state index contributed by atoms with van der Waals surface area (Å²) in [6, 6.07) is 0.205. The van der Waals surface area contributed by atoms with Gasteiger partial charge in [-0.25, -0.2) is 0 Å². The van der Waals surface area contributed by atoms with Gasteiger partial charge in [-0.15, -0.1) is 0 Å². The highest BCUT2D eigenvalue weighted by molar-refractivity contribution is 5.81. The molecule has 0 aromatic carbocycles. The van der Waals surface area contributed by atoms with Gasteiger partial charge in [-0.1, -0.05) is 13.3 Å². The summed E-state index contributed by atoms with van der Waals surface area (Å²) in [6.07, 6.45) is 5.68. The van der Waals surface area contributed by atoms with Crippen LogP contribution in [0, 0.1) is 11.8 Å². The first-order valence-corrected chi connectivity index (χ1v) is 7.95. The van der Waals surface area contributed by atoms with Crippen molar-refractivity contribution in [3.8, 4) is 0 Å². The van der Waals surface area contributed by atoms with Crippen molar-refractivity contribution in [1.29, 1.82) is 0 Å². The molecule has 1 aliphatic carbocycles. The minimum absolute atomic E-state index is 0.0638. The molecular formula is C15H27N3O2. The summed E-state index contributed by atoms with van der Waals surface area (Å²) in [5.74, 6) is 0.639. The molecule has 0 aromatic rings. The van der Waals surface area contributed by atoms with Crippen LogP contribution in [-0.2, 0) is 9.59 Å². The van der Waals surface area contributed by atoms with Crippen LogP contribution in [0.2, 0.25) is 0 Å². The van der Waals surface area contributed by atoms with E-state index in [0.717, 1.165) is 51.6 Å². The molecular weight excluding hydrogens is 254 g/mol. The van der Waals surface area contributed by atoms with Gasteiger partial charge in [-0.3, -0.25) is 9.59 Å². The van der Waals surface area contributed by atoms with E-state index in [0.29, 0.717) is 18.4 Å². The van der Waals surface area contributed by atoms with Gasteiger partial charge >= 0.3 is 0 Å². The zero-order chi connectivity index (χ0) is 14.5. The van der Waals surface area contributed by atoms with Crippen molar-refractivity contribution in [3.05, 3.63) is 0 Å². The fourth-order valence-corrected chi connectivity index (χ4v) is 2.86. The Bertz CT molecular complexity index is 347. The van der Waals surface area contributed by atoms with E-state index in [9.17, 15) is 9.59 Å². The zero-order valence-corrected chi connectivity index (χ0v) is 12.4. The Morgan fingerprint density at radius 3 is 2.40 bits per heavy atom. The van der Waals surface area contributed by atoms with Crippen molar-refractivity contribution in [1.82, 2.24) is 10.2 Å². The average molecular weight is 281 g/mol. The van der Waals surface area contributed by atoms with Crippen LogP contribution in [0.5, 0.6) is 0 Å². The second-order valence-electron chi connectivity index (χ2n) is 6.10. The van der Waals surface area contributed by atoms with E-state index in [-0.39, 0.29) is 17.9 Å². The number of carbonyl (C=O) groups is 2. The largest absolute Gasteiger partial charge is 0.353 e. The highest BCUT2D eigenvalue weighted by atomic mass is 16.2. The summed E-state index contributed by atoms with van der Waals surface area (Å²) in [7, 11) is 0. The fraction of sp³-hybridized carbons (Fsp3) is 0.867. The van der Waals surface area contributed by atoms with Gasteiger partial charge in [0.2, 0.25) is 11.8 Å². The third kappa shape index (κ3) is 3.95. The van der Waals surface area contributed by atoms with E-state index < -0.39 is 0 Å². The number of nitrogens with one attached hydrogen (secondary N) is 1. The Morgan fingerprint density at radius 1 is 1.25 bits per heavy atom. The summed E-state index contributed by atoms with van der Waals surface area (Å²) in [5.41, 5.74) is 5.65. The van der Waals surface area contributed by atoms with E-state index in [1.165, 1.54) is 0 Å². The lowest BCUT2D eigenvalue weighted by Crippen LogP contribution is -2.48. The molecule has 2 rings (SSSR count). The lowest BCUT2D eigenvalue weighted by atomic mass is 10.00. The van der Waals surface area contributed by atoms with Crippen LogP contribution in [0.1, 0.15) is 45.4 Å². The molecule has 1 saturated carbocycles. The van der Waals surface area contributed by atoms with Gasteiger partial charge in [-0.2, -0.15) is 0 Å². The number of rotatable bonds is 6. The molecule has 20 heavy (non-hydrogen) atoms. The fourth-order valence-electron chi connectivity index (χ4n) is 2.86. The van der Waals surface area contributed by atoms with Gasteiger partial charge in [0.15, 0.2) is 0 Å². The molecule has 2 amide bonds. The van der Waals surface area contributed by atoms with Crippen molar-refractivity contribution in [3.63, 3.8) is 0 Å². The summed E-state index contributed by atoms with van der Waals surface area (Å²) in [5, 5.41) is 3.10. The second kappa shape index (κ2) is 7.07. The van der Waals surface area contributed by atoms with Crippen molar-refractivity contribution in [2.75, 3.05) is 19.6 Å². The third-order valence-corrected chi connectivity index (χ3v) is 4.37. The molecule has 0 bridgehead atoms. The molecule has 3 N–H and O–H groups in total. The van der Waals surface area contributed by atoms with Crippen molar-refractivity contribution in [2.45, 2.75) is 51.5 Å². The minimum atomic E-state index is -0.0638. The quantitative estimate of drug-likeness (QED) is 0.759. The molecule has 1 heterocycles. The number of hydrogen-bond acceptors (Lipinski definition) is 3. The number of carbonyl (C=O) groups excluding carboxylic acids is 2. The predicted octanol–water partition coefficient (Wildman–Crippen LogP) is 0.879. The molecule has 2 aliphatic rings. The van der Waals surface area contributed by atoms with Crippen LogP contribution in [-0.4, -0.2) is 42.4 Å². The van der Waals surface area contributed by atoms with E-state index in [2.05, 4.69) is 12.2 Å². The molecule has 1 saturated heterocycles. The van der Waals surface area contributed by atoms with Crippen molar-refractivity contribution in [2.24, 2.45) is 17.6 Å². The highest BCUT2D eigenvalue weighted by Gasteiger charge is 2.35. The summed E-state index contributed by atoms with van der Waals surface area (Å²) >= 11 is 0. The number of amides is 2. The zero-order valence-electron chi connectivity index (χ0n) is 12.4. The topological polar surface area (TPSA) is 75.4 Å². The van der Waals surface area contributed by atoms with Crippen LogP contribution in [0.15, 0.2) is 0 Å². The number of piperidine rings is 1. The molecule has 5 nitrogen and oxygen atoms in total. The Balaban J connectivity index is 1.73. The van der Waals surface area contributed by atoms with Crippen LogP contribution in [0.4, 0.5) is 0 Å². The SMILES string of the molecule is CCCC(CN)C(=O)NC1CCN(C(=O)C2CC2)CC1. The highest BCUT2D eigenvalue weighted by Crippen LogP contribution is 2.31. The van der Waals surface area contributed by atoms with Gasteiger partial charge in [0.25, 0.3) is 0 Å². The molecule has 114 valence electrons. The normalized spacial score (nSPS) is 21.6. The minimum Gasteiger partial charge on any atom is -0.353 e. The van der Waals surface area contributed by atoms with Crippen molar-refractivity contribution >= 4 is 11.8 Å². The average Bonchev–Trinajstić information content (AvgIpc) is 3.29. The lowest BCUT2D eigenvalue weighted by molar-refractivity contribution is -0.133. The van der Waals surface area contributed by atoms with Gasteiger partial charge < -0.3 is 16.0 Å². The molecule has 0 radical (unpaired) electrons. The first kappa shape index (κ1) is 15.3. The van der Waals surface area contributed by atoms with Crippen LogP contribution in [0.3, 0.4) is 0 Å². The Morgan fingerprint density at radius 2 is 1.90 bits per heavy atom. The first-order chi connectivity index (χ1) is 9.65. The first-order valence-electron chi connectivity index (χ1n) is 7.95. The monoisotopic (exact) mass is 281 g/mol. The summed E-state index contributed by atoms with van der Waals surface area (Å²) in [6.45, 7) is 4.04. The Labute approximate surface area is 121 Å². The smallest absolute Gasteiger partial charge is 0.225 e. The predicted molar refractivity (Wildman–Crippen MR) is 77.9 cm³/mol. The van der Waals surface area contributed by atoms with Crippen molar-refractivity contribution < 1.29 is 9.59 Å². The van der Waals surface area contributed by atoms with E-state index in [1.54, 1.807) is 0 Å². The number of nitrogens with zero attached hydrogens (tertiary/aromatic N) is 1. The van der Waals surface area contributed by atoms with E-state index in [4.69, 9.17) is 5.73 Å². The molecule has 1 aliphatic heterocycles. The molecule has 2 fully saturated rings.